The van der Waals surface area contributed by atoms with Crippen LogP contribution in [-0.2, 0) is 22.6 Å². The molecule has 0 spiro atoms. The second-order valence-corrected chi connectivity index (χ2v) is 7.30. The Bertz CT molecular complexity index is 816. The Balaban J connectivity index is 0.00000544. The molecular weight excluding hydrogens is 533 g/mol. The first-order valence-corrected chi connectivity index (χ1v) is 11.1. The number of hydrogen-bond donors (Lipinski definition) is 2. The molecule has 2 aromatic carbocycles. The molecule has 7 nitrogen and oxygen atoms in total. The van der Waals surface area contributed by atoms with Gasteiger partial charge in [-0.15, -0.1) is 24.0 Å². The Morgan fingerprint density at radius 2 is 1.76 bits per heavy atom. The average molecular weight is 572 g/mol. The molecule has 0 aliphatic carbocycles. The topological polar surface area (TPSA) is 73.3 Å². The van der Waals surface area contributed by atoms with E-state index in [9.17, 15) is 0 Å². The summed E-state index contributed by atoms with van der Waals surface area (Å²) in [4.78, 5) is 4.76. The lowest BCUT2D eigenvalue weighted by Gasteiger charge is -2.16. The molecule has 2 aromatic rings. The molecule has 0 unspecified atom stereocenters. The van der Waals surface area contributed by atoms with Gasteiger partial charge in [-0.25, -0.2) is 4.99 Å². The number of guanidine groups is 1. The maximum absolute atomic E-state index is 5.91. The lowest BCUT2D eigenvalue weighted by atomic mass is 10.1. The first kappa shape index (κ1) is 29.0. The highest BCUT2D eigenvalue weighted by molar-refractivity contribution is 14.0. The van der Waals surface area contributed by atoms with Crippen molar-refractivity contribution in [2.45, 2.75) is 33.4 Å². The van der Waals surface area contributed by atoms with Crippen LogP contribution in [0.25, 0.3) is 0 Å². The maximum atomic E-state index is 5.91. The zero-order valence-electron chi connectivity index (χ0n) is 20.2. The lowest BCUT2D eigenvalue weighted by Crippen LogP contribution is -2.38. The van der Waals surface area contributed by atoms with E-state index in [-0.39, 0.29) is 24.0 Å². The molecule has 184 valence electrons. The summed E-state index contributed by atoms with van der Waals surface area (Å²) in [7, 11) is 3.34. The third-order valence-electron chi connectivity index (χ3n) is 4.75. The molecule has 0 atom stereocenters. The molecule has 0 radical (unpaired) electrons. The molecule has 0 fully saturated rings. The van der Waals surface area contributed by atoms with E-state index in [4.69, 9.17) is 23.9 Å². The van der Waals surface area contributed by atoms with Gasteiger partial charge in [0.2, 0.25) is 0 Å². The summed E-state index contributed by atoms with van der Waals surface area (Å²) in [6, 6.07) is 14.2. The molecule has 0 aromatic heterocycles. The van der Waals surface area contributed by atoms with Gasteiger partial charge in [0.15, 0.2) is 5.96 Å². The van der Waals surface area contributed by atoms with E-state index in [1.165, 1.54) is 0 Å². The van der Waals surface area contributed by atoms with Crippen molar-refractivity contribution in [2.24, 2.45) is 4.99 Å². The van der Waals surface area contributed by atoms with Gasteiger partial charge < -0.3 is 29.6 Å². The number of aliphatic imine (C=N–C) groups is 1. The van der Waals surface area contributed by atoms with Crippen LogP contribution in [0.2, 0.25) is 0 Å². The molecule has 0 aliphatic rings. The quantitative estimate of drug-likeness (QED) is 0.153. The van der Waals surface area contributed by atoms with Gasteiger partial charge in [-0.2, -0.15) is 0 Å². The first-order chi connectivity index (χ1) is 15.7. The Labute approximate surface area is 215 Å². The summed E-state index contributed by atoms with van der Waals surface area (Å²) >= 11 is 0. The summed E-state index contributed by atoms with van der Waals surface area (Å²) < 4.78 is 21.7. The van der Waals surface area contributed by atoms with Crippen LogP contribution >= 0.6 is 24.0 Å². The van der Waals surface area contributed by atoms with Crippen molar-refractivity contribution in [3.63, 3.8) is 0 Å². The Hall–Kier alpha value is -2.04. The van der Waals surface area contributed by atoms with Crippen molar-refractivity contribution in [1.82, 2.24) is 10.6 Å². The number of hydrogen-bond acceptors (Lipinski definition) is 5. The number of nitrogens with one attached hydrogen (secondary N) is 2. The standard InChI is InChI=1S/C25H37N3O4.HI/c1-5-31-14-6-13-26-25(27-18-21-8-11-23(30-4)12-9-21)28-19-22-10-7-20(2)17-24(22)32-16-15-29-3;/h7-12,17H,5-6,13-16,18-19H2,1-4H3,(H2,26,27,28);1H. The SMILES string of the molecule is CCOCCCNC(=NCc1ccc(OC)cc1)NCc1ccc(C)cc1OCCOC.I. The lowest BCUT2D eigenvalue weighted by molar-refractivity contribution is 0.145. The van der Waals surface area contributed by atoms with Gasteiger partial charge in [0.1, 0.15) is 18.1 Å². The van der Waals surface area contributed by atoms with Gasteiger partial charge in [-0.05, 0) is 49.6 Å². The van der Waals surface area contributed by atoms with Crippen molar-refractivity contribution in [2.75, 3.05) is 47.2 Å². The normalized spacial score (nSPS) is 11.0. The van der Waals surface area contributed by atoms with Crippen LogP contribution in [-0.4, -0.2) is 53.2 Å². The highest BCUT2D eigenvalue weighted by Crippen LogP contribution is 2.20. The van der Waals surface area contributed by atoms with Gasteiger partial charge in [-0.3, -0.25) is 0 Å². The summed E-state index contributed by atoms with van der Waals surface area (Å²) in [5.74, 6) is 2.45. The molecule has 0 bridgehead atoms. The third kappa shape index (κ3) is 11.6. The fourth-order valence-electron chi connectivity index (χ4n) is 2.96. The highest BCUT2D eigenvalue weighted by atomic mass is 127. The summed E-state index contributed by atoms with van der Waals surface area (Å²) in [5.41, 5.74) is 3.34. The minimum atomic E-state index is 0. The van der Waals surface area contributed by atoms with Crippen molar-refractivity contribution < 1.29 is 18.9 Å². The van der Waals surface area contributed by atoms with Crippen LogP contribution in [0.3, 0.4) is 0 Å². The Morgan fingerprint density at radius 1 is 0.970 bits per heavy atom. The minimum absolute atomic E-state index is 0. The van der Waals surface area contributed by atoms with Crippen LogP contribution in [0.1, 0.15) is 30.0 Å². The van der Waals surface area contributed by atoms with E-state index in [0.29, 0.717) is 26.3 Å². The second-order valence-electron chi connectivity index (χ2n) is 7.30. The van der Waals surface area contributed by atoms with Crippen molar-refractivity contribution in [3.8, 4) is 11.5 Å². The van der Waals surface area contributed by atoms with Crippen molar-refractivity contribution in [3.05, 3.63) is 59.2 Å². The van der Waals surface area contributed by atoms with Crippen LogP contribution in [0.15, 0.2) is 47.5 Å². The highest BCUT2D eigenvalue weighted by Gasteiger charge is 2.07. The molecule has 0 amide bonds. The molecule has 8 heteroatoms. The second kappa shape index (κ2) is 17.4. The molecule has 0 saturated heterocycles. The number of nitrogens with zero attached hydrogens (tertiary/aromatic N) is 1. The predicted octanol–water partition coefficient (Wildman–Crippen LogP) is 4.31. The fourth-order valence-corrected chi connectivity index (χ4v) is 2.96. The van der Waals surface area contributed by atoms with Crippen LogP contribution < -0.4 is 20.1 Å². The predicted molar refractivity (Wildman–Crippen MR) is 144 cm³/mol. The zero-order chi connectivity index (χ0) is 23.0. The number of halogens is 1. The number of methoxy groups -OCH3 is 2. The first-order valence-electron chi connectivity index (χ1n) is 11.1. The molecular formula is C25H38IN3O4. The largest absolute Gasteiger partial charge is 0.497 e. The smallest absolute Gasteiger partial charge is 0.191 e. The number of benzene rings is 2. The van der Waals surface area contributed by atoms with Gasteiger partial charge in [0.25, 0.3) is 0 Å². The minimum Gasteiger partial charge on any atom is -0.497 e. The van der Waals surface area contributed by atoms with E-state index in [2.05, 4.69) is 35.8 Å². The average Bonchev–Trinajstić information content (AvgIpc) is 2.81. The van der Waals surface area contributed by atoms with Crippen molar-refractivity contribution >= 4 is 29.9 Å². The van der Waals surface area contributed by atoms with E-state index in [0.717, 1.165) is 60.3 Å². The van der Waals surface area contributed by atoms with Crippen LogP contribution in [0.4, 0.5) is 0 Å². The summed E-state index contributed by atoms with van der Waals surface area (Å²) in [6.45, 7) is 8.53. The molecule has 2 N–H and O–H groups in total. The fraction of sp³-hybridized carbons (Fsp3) is 0.480. The maximum Gasteiger partial charge on any atom is 0.191 e. The van der Waals surface area contributed by atoms with Crippen LogP contribution in [0.5, 0.6) is 11.5 Å². The van der Waals surface area contributed by atoms with Gasteiger partial charge in [0.05, 0.1) is 20.3 Å². The third-order valence-corrected chi connectivity index (χ3v) is 4.75. The van der Waals surface area contributed by atoms with E-state index >= 15 is 0 Å². The zero-order valence-corrected chi connectivity index (χ0v) is 22.5. The van der Waals surface area contributed by atoms with Gasteiger partial charge in [0, 0.05) is 39.0 Å². The van der Waals surface area contributed by atoms with Crippen molar-refractivity contribution in [1.29, 1.82) is 0 Å². The molecule has 33 heavy (non-hydrogen) atoms. The number of aryl methyl sites for hydroxylation is 1. The molecule has 0 saturated carbocycles. The van der Waals surface area contributed by atoms with Crippen LogP contribution in [0, 0.1) is 6.92 Å². The summed E-state index contributed by atoms with van der Waals surface area (Å²) in [5, 5.41) is 6.83. The van der Waals surface area contributed by atoms with Gasteiger partial charge >= 0.3 is 0 Å². The monoisotopic (exact) mass is 571 g/mol. The molecule has 0 heterocycles. The van der Waals surface area contributed by atoms with E-state index in [1.54, 1.807) is 14.2 Å². The number of ether oxygens (including phenoxy) is 4. The summed E-state index contributed by atoms with van der Waals surface area (Å²) in [6.07, 6.45) is 0.910. The number of rotatable bonds is 14. The molecule has 2 rings (SSSR count). The van der Waals surface area contributed by atoms with E-state index < -0.39 is 0 Å². The Kier molecular flexibility index (Phi) is 15.3. The molecule has 0 aliphatic heterocycles. The van der Waals surface area contributed by atoms with Gasteiger partial charge in [-0.1, -0.05) is 24.3 Å². The Morgan fingerprint density at radius 3 is 2.45 bits per heavy atom. The van der Waals surface area contributed by atoms with E-state index in [1.807, 2.05) is 31.2 Å².